The second-order valence-corrected chi connectivity index (χ2v) is 4.60. The van der Waals surface area contributed by atoms with Crippen LogP contribution >= 0.6 is 0 Å². The number of benzene rings is 2. The van der Waals surface area contributed by atoms with E-state index >= 15 is 0 Å². The molecule has 0 saturated heterocycles. The van der Waals surface area contributed by atoms with Gasteiger partial charge in [-0.2, -0.15) is 0 Å². The van der Waals surface area contributed by atoms with E-state index in [1.54, 1.807) is 12.1 Å². The number of aryl methyl sites for hydroxylation is 1. The van der Waals surface area contributed by atoms with Crippen molar-refractivity contribution in [3.05, 3.63) is 65.0 Å². The van der Waals surface area contributed by atoms with Crippen molar-refractivity contribution < 1.29 is 18.7 Å². The van der Waals surface area contributed by atoms with Crippen molar-refractivity contribution in [2.24, 2.45) is 0 Å². The summed E-state index contributed by atoms with van der Waals surface area (Å²) < 4.78 is 18.5. The molecular weight excluding hydrogens is 271 g/mol. The van der Waals surface area contributed by atoms with Crippen LogP contribution in [0.5, 0.6) is 5.75 Å². The van der Waals surface area contributed by atoms with Crippen LogP contribution in [0.3, 0.4) is 0 Å². The highest BCUT2D eigenvalue weighted by atomic mass is 19.1. The Morgan fingerprint density at radius 3 is 2.52 bits per heavy atom. The van der Waals surface area contributed by atoms with Gasteiger partial charge in [-0.1, -0.05) is 31.2 Å². The lowest BCUT2D eigenvalue weighted by molar-refractivity contribution is 0.0921. The second-order valence-electron chi connectivity index (χ2n) is 4.60. The molecule has 108 valence electrons. The van der Waals surface area contributed by atoms with Gasteiger partial charge in [0.25, 0.3) is 0 Å². The summed E-state index contributed by atoms with van der Waals surface area (Å²) in [5.41, 5.74) is 1.86. The molecule has 0 bridgehead atoms. The lowest BCUT2D eigenvalue weighted by Gasteiger charge is -2.07. The topological polar surface area (TPSA) is 43.4 Å². The molecule has 0 unspecified atom stereocenters. The van der Waals surface area contributed by atoms with Gasteiger partial charge in [-0.25, -0.2) is 4.39 Å². The Labute approximate surface area is 122 Å². The Morgan fingerprint density at radius 1 is 1.19 bits per heavy atom. The highest BCUT2D eigenvalue weighted by Gasteiger charge is 2.08. The number of ether oxygens (including phenoxy) is 1. The summed E-state index contributed by atoms with van der Waals surface area (Å²) in [6.45, 7) is 1.84. The van der Waals surface area contributed by atoms with E-state index in [0.29, 0.717) is 11.8 Å². The summed E-state index contributed by atoms with van der Waals surface area (Å²) in [4.78, 5) is 22.6. The van der Waals surface area contributed by atoms with Gasteiger partial charge in [0.15, 0.2) is 12.4 Å². The average molecular weight is 286 g/mol. The minimum absolute atomic E-state index is 0.163. The number of carbonyl (C=O) groups is 2. The predicted octanol–water partition coefficient (Wildman–Crippen LogP) is 3.46. The Kier molecular flexibility index (Phi) is 4.82. The first-order chi connectivity index (χ1) is 10.1. The van der Waals surface area contributed by atoms with Crippen LogP contribution in [-0.4, -0.2) is 18.7 Å². The van der Waals surface area contributed by atoms with E-state index in [0.717, 1.165) is 24.1 Å². The molecule has 4 heteroatoms. The second kappa shape index (κ2) is 6.79. The number of Topliss-reactive ketones (excluding diaryl/α,β-unsaturated/α-hetero) is 1. The van der Waals surface area contributed by atoms with Gasteiger partial charge in [0.05, 0.1) is 0 Å². The number of rotatable bonds is 6. The monoisotopic (exact) mass is 286 g/mol. The standard InChI is InChI=1S/C17H15FO3/c1-2-12-3-5-14(6-4-12)17(20)11-21-16-8-13(10-19)7-15(18)9-16/h3-10H,2,11H2,1H3. The van der Waals surface area contributed by atoms with Gasteiger partial charge in [-0.05, 0) is 24.1 Å². The van der Waals surface area contributed by atoms with Crippen molar-refractivity contribution >= 4 is 12.1 Å². The molecule has 2 aromatic rings. The van der Waals surface area contributed by atoms with Gasteiger partial charge in [0.1, 0.15) is 17.9 Å². The highest BCUT2D eigenvalue weighted by molar-refractivity contribution is 5.97. The van der Waals surface area contributed by atoms with E-state index in [9.17, 15) is 14.0 Å². The molecule has 0 aromatic heterocycles. The van der Waals surface area contributed by atoms with E-state index in [4.69, 9.17) is 4.74 Å². The molecule has 0 spiro atoms. The average Bonchev–Trinajstić information content (AvgIpc) is 2.52. The van der Waals surface area contributed by atoms with E-state index in [2.05, 4.69) is 0 Å². The van der Waals surface area contributed by atoms with Crippen LogP contribution in [0.1, 0.15) is 33.2 Å². The number of hydrogen-bond donors (Lipinski definition) is 0. The van der Waals surface area contributed by atoms with Crippen LogP contribution in [0.4, 0.5) is 4.39 Å². The summed E-state index contributed by atoms with van der Waals surface area (Å²) in [7, 11) is 0. The lowest BCUT2D eigenvalue weighted by Crippen LogP contribution is -2.11. The third kappa shape index (κ3) is 3.99. The molecule has 0 N–H and O–H groups in total. The molecule has 0 amide bonds. The molecule has 0 aliphatic carbocycles. The van der Waals surface area contributed by atoms with Crippen molar-refractivity contribution in [3.63, 3.8) is 0 Å². The van der Waals surface area contributed by atoms with Crippen LogP contribution in [0, 0.1) is 5.82 Å². The van der Waals surface area contributed by atoms with E-state index in [1.807, 2.05) is 19.1 Å². The number of ketones is 1. The van der Waals surface area contributed by atoms with Crippen LogP contribution in [0.15, 0.2) is 42.5 Å². The van der Waals surface area contributed by atoms with Gasteiger partial charge < -0.3 is 4.74 Å². The van der Waals surface area contributed by atoms with Crippen LogP contribution in [-0.2, 0) is 6.42 Å². The van der Waals surface area contributed by atoms with Gasteiger partial charge in [-0.3, -0.25) is 9.59 Å². The SMILES string of the molecule is CCc1ccc(C(=O)COc2cc(F)cc(C=O)c2)cc1. The Morgan fingerprint density at radius 2 is 1.90 bits per heavy atom. The predicted molar refractivity (Wildman–Crippen MR) is 77.4 cm³/mol. The fraction of sp³-hybridized carbons (Fsp3) is 0.176. The number of hydrogen-bond acceptors (Lipinski definition) is 3. The van der Waals surface area contributed by atoms with E-state index < -0.39 is 5.82 Å². The molecule has 0 saturated carbocycles. The first-order valence-electron chi connectivity index (χ1n) is 6.63. The van der Waals surface area contributed by atoms with E-state index in [-0.39, 0.29) is 23.7 Å². The molecule has 0 atom stereocenters. The maximum absolute atomic E-state index is 13.2. The normalized spacial score (nSPS) is 10.2. The molecule has 2 rings (SSSR count). The number of aldehydes is 1. The Bertz CT molecular complexity index is 648. The quantitative estimate of drug-likeness (QED) is 0.603. The fourth-order valence-electron chi connectivity index (χ4n) is 1.89. The van der Waals surface area contributed by atoms with Crippen molar-refractivity contribution in [3.8, 4) is 5.75 Å². The first kappa shape index (κ1) is 14.9. The molecule has 0 fully saturated rings. The Balaban J connectivity index is 2.03. The molecule has 21 heavy (non-hydrogen) atoms. The first-order valence-corrected chi connectivity index (χ1v) is 6.63. The van der Waals surface area contributed by atoms with Crippen molar-refractivity contribution in [2.45, 2.75) is 13.3 Å². The van der Waals surface area contributed by atoms with Crippen molar-refractivity contribution in [1.82, 2.24) is 0 Å². The van der Waals surface area contributed by atoms with Gasteiger partial charge in [0.2, 0.25) is 0 Å². The van der Waals surface area contributed by atoms with Gasteiger partial charge in [-0.15, -0.1) is 0 Å². The van der Waals surface area contributed by atoms with Crippen LogP contribution in [0.2, 0.25) is 0 Å². The largest absolute Gasteiger partial charge is 0.485 e. The van der Waals surface area contributed by atoms with Crippen molar-refractivity contribution in [2.75, 3.05) is 6.61 Å². The minimum Gasteiger partial charge on any atom is -0.485 e. The molecule has 0 heterocycles. The van der Waals surface area contributed by atoms with Gasteiger partial charge in [0, 0.05) is 17.2 Å². The molecular formula is C17H15FO3. The maximum Gasteiger partial charge on any atom is 0.200 e. The van der Waals surface area contributed by atoms with Gasteiger partial charge >= 0.3 is 0 Å². The minimum atomic E-state index is -0.575. The summed E-state index contributed by atoms with van der Waals surface area (Å²) in [6, 6.07) is 10.9. The zero-order valence-electron chi connectivity index (χ0n) is 11.6. The fourth-order valence-corrected chi connectivity index (χ4v) is 1.89. The summed E-state index contributed by atoms with van der Waals surface area (Å²) >= 11 is 0. The number of halogens is 1. The zero-order chi connectivity index (χ0) is 15.2. The highest BCUT2D eigenvalue weighted by Crippen LogP contribution is 2.16. The maximum atomic E-state index is 13.2. The molecule has 2 aromatic carbocycles. The summed E-state index contributed by atoms with van der Waals surface area (Å²) in [6.07, 6.45) is 1.43. The van der Waals surface area contributed by atoms with Crippen molar-refractivity contribution in [1.29, 1.82) is 0 Å². The third-order valence-electron chi connectivity index (χ3n) is 3.08. The molecule has 3 nitrogen and oxygen atoms in total. The smallest absolute Gasteiger partial charge is 0.200 e. The molecule has 0 radical (unpaired) electrons. The van der Waals surface area contributed by atoms with E-state index in [1.165, 1.54) is 6.07 Å². The summed E-state index contributed by atoms with van der Waals surface area (Å²) in [5.74, 6) is -0.612. The summed E-state index contributed by atoms with van der Waals surface area (Å²) in [5, 5.41) is 0. The molecule has 0 aliphatic rings. The zero-order valence-corrected chi connectivity index (χ0v) is 11.6. The lowest BCUT2D eigenvalue weighted by atomic mass is 10.1. The molecule has 0 aliphatic heterocycles. The number of carbonyl (C=O) groups excluding carboxylic acids is 2. The van der Waals surface area contributed by atoms with Crippen LogP contribution in [0.25, 0.3) is 0 Å². The third-order valence-corrected chi connectivity index (χ3v) is 3.08. The Hall–Kier alpha value is -2.49. The van der Waals surface area contributed by atoms with Crippen LogP contribution < -0.4 is 4.74 Å².